The zero-order valence-electron chi connectivity index (χ0n) is 14.7. The monoisotopic (exact) mass is 469 g/mol. The van der Waals surface area contributed by atoms with Crippen molar-refractivity contribution >= 4 is 29.9 Å². The Bertz CT molecular complexity index is 553. The van der Waals surface area contributed by atoms with E-state index < -0.39 is 12.1 Å². The minimum absolute atomic E-state index is 0. The van der Waals surface area contributed by atoms with Crippen molar-refractivity contribution in [2.75, 3.05) is 7.05 Å². The lowest BCUT2D eigenvalue weighted by Crippen LogP contribution is -2.45. The summed E-state index contributed by atoms with van der Waals surface area (Å²) < 4.78 is 38.2. The topological polar surface area (TPSA) is 36.4 Å². The molecule has 2 N–H and O–H groups in total. The van der Waals surface area contributed by atoms with Crippen molar-refractivity contribution in [3.05, 3.63) is 35.4 Å². The maximum Gasteiger partial charge on any atom is 0.391 e. The Morgan fingerprint density at radius 1 is 1.12 bits per heavy atom. The number of nitrogens with one attached hydrogen (secondary N) is 2. The first-order chi connectivity index (χ1) is 11.4. The number of guanidine groups is 1. The summed E-state index contributed by atoms with van der Waals surface area (Å²) in [5, 5.41) is 6.52. The second-order valence-corrected chi connectivity index (χ2v) is 6.28. The lowest BCUT2D eigenvalue weighted by atomic mass is 9.85. The third-order valence-electron chi connectivity index (χ3n) is 4.70. The van der Waals surface area contributed by atoms with Gasteiger partial charge in [-0.25, -0.2) is 0 Å². The molecule has 142 valence electrons. The van der Waals surface area contributed by atoms with E-state index in [-0.39, 0.29) is 42.9 Å². The van der Waals surface area contributed by atoms with Crippen molar-refractivity contribution in [3.63, 3.8) is 0 Å². The van der Waals surface area contributed by atoms with E-state index in [0.29, 0.717) is 25.3 Å². The van der Waals surface area contributed by atoms with E-state index in [1.165, 1.54) is 11.1 Å². The predicted octanol–water partition coefficient (Wildman–Crippen LogP) is 4.65. The Morgan fingerprint density at radius 3 is 2.24 bits per heavy atom. The van der Waals surface area contributed by atoms with Gasteiger partial charge in [0.1, 0.15) is 0 Å². The highest BCUT2D eigenvalue weighted by molar-refractivity contribution is 14.0. The van der Waals surface area contributed by atoms with Gasteiger partial charge >= 0.3 is 6.18 Å². The molecule has 2 rings (SSSR count). The van der Waals surface area contributed by atoms with Crippen molar-refractivity contribution in [2.45, 2.75) is 57.8 Å². The normalized spacial score (nSPS) is 21.4. The molecule has 0 spiro atoms. The smallest absolute Gasteiger partial charge is 0.354 e. The summed E-state index contributed by atoms with van der Waals surface area (Å²) in [6.45, 7) is 2.77. The van der Waals surface area contributed by atoms with E-state index in [2.05, 4.69) is 34.7 Å². The SMILES string of the molecule is CCc1ccccc1CNC(=NC)NC1CCC(C(F)(F)F)CC1.I. The van der Waals surface area contributed by atoms with Crippen LogP contribution in [0.25, 0.3) is 0 Å². The molecule has 0 heterocycles. The average molecular weight is 469 g/mol. The van der Waals surface area contributed by atoms with Crippen LogP contribution < -0.4 is 10.6 Å². The lowest BCUT2D eigenvalue weighted by molar-refractivity contribution is -0.182. The number of nitrogens with zero attached hydrogens (tertiary/aromatic N) is 1. The van der Waals surface area contributed by atoms with Crippen LogP contribution in [0, 0.1) is 5.92 Å². The summed E-state index contributed by atoms with van der Waals surface area (Å²) in [5.74, 6) is -0.502. The van der Waals surface area contributed by atoms with Crippen LogP contribution in [0.4, 0.5) is 13.2 Å². The van der Waals surface area contributed by atoms with E-state index in [1.807, 2.05) is 12.1 Å². The minimum atomic E-state index is -4.06. The first-order valence-electron chi connectivity index (χ1n) is 8.54. The molecule has 0 saturated heterocycles. The van der Waals surface area contributed by atoms with Crippen LogP contribution in [0.1, 0.15) is 43.7 Å². The molecule has 1 aliphatic rings. The van der Waals surface area contributed by atoms with E-state index in [0.717, 1.165) is 6.42 Å². The van der Waals surface area contributed by atoms with Crippen molar-refractivity contribution in [1.82, 2.24) is 10.6 Å². The number of hydrogen-bond acceptors (Lipinski definition) is 1. The van der Waals surface area contributed by atoms with Gasteiger partial charge in [-0.3, -0.25) is 4.99 Å². The fourth-order valence-corrected chi connectivity index (χ4v) is 3.21. The standard InChI is InChI=1S/C18H26F3N3.HI/c1-3-13-6-4-5-7-14(13)12-23-17(22-2)24-16-10-8-15(9-11-16)18(19,20)21;/h4-7,15-16H,3,8-12H2,1-2H3,(H2,22,23,24);1H. The highest BCUT2D eigenvalue weighted by Gasteiger charge is 2.41. The molecule has 0 aliphatic heterocycles. The van der Waals surface area contributed by atoms with Gasteiger partial charge in [0.15, 0.2) is 5.96 Å². The molecule has 1 aromatic carbocycles. The minimum Gasteiger partial charge on any atom is -0.354 e. The summed E-state index contributed by atoms with van der Waals surface area (Å²) in [6, 6.07) is 8.26. The van der Waals surface area contributed by atoms with Crippen LogP contribution >= 0.6 is 24.0 Å². The molecule has 0 amide bonds. The fraction of sp³-hybridized carbons (Fsp3) is 0.611. The highest BCUT2D eigenvalue weighted by atomic mass is 127. The first kappa shape index (κ1) is 22.1. The summed E-state index contributed by atoms with van der Waals surface area (Å²) in [7, 11) is 1.68. The van der Waals surface area contributed by atoms with Gasteiger partial charge in [-0.05, 0) is 43.2 Å². The molecular weight excluding hydrogens is 442 g/mol. The molecule has 3 nitrogen and oxygen atoms in total. The van der Waals surface area contributed by atoms with Gasteiger partial charge in [-0.2, -0.15) is 13.2 Å². The Balaban J connectivity index is 0.00000312. The second kappa shape index (κ2) is 10.2. The number of aryl methyl sites for hydroxylation is 1. The highest BCUT2D eigenvalue weighted by Crippen LogP contribution is 2.37. The number of rotatable bonds is 4. The van der Waals surface area contributed by atoms with Gasteiger partial charge in [-0.15, -0.1) is 24.0 Å². The Morgan fingerprint density at radius 2 is 1.72 bits per heavy atom. The number of hydrogen-bond donors (Lipinski definition) is 2. The quantitative estimate of drug-likeness (QED) is 0.383. The van der Waals surface area contributed by atoms with E-state index >= 15 is 0 Å². The van der Waals surface area contributed by atoms with Gasteiger partial charge in [0.2, 0.25) is 0 Å². The number of benzene rings is 1. The third-order valence-corrected chi connectivity index (χ3v) is 4.70. The van der Waals surface area contributed by atoms with Gasteiger partial charge in [0, 0.05) is 19.6 Å². The maximum atomic E-state index is 12.7. The second-order valence-electron chi connectivity index (χ2n) is 6.28. The van der Waals surface area contributed by atoms with Crippen molar-refractivity contribution in [2.24, 2.45) is 10.9 Å². The van der Waals surface area contributed by atoms with E-state index in [9.17, 15) is 13.2 Å². The van der Waals surface area contributed by atoms with Crippen molar-refractivity contribution in [3.8, 4) is 0 Å². The number of alkyl halides is 3. The van der Waals surface area contributed by atoms with Gasteiger partial charge < -0.3 is 10.6 Å². The maximum absolute atomic E-state index is 12.7. The molecule has 7 heteroatoms. The van der Waals surface area contributed by atoms with Crippen LogP contribution in [0.3, 0.4) is 0 Å². The Hall–Kier alpha value is -0.990. The number of halogens is 4. The average Bonchev–Trinajstić information content (AvgIpc) is 2.58. The van der Waals surface area contributed by atoms with Crippen LogP contribution in [-0.4, -0.2) is 25.2 Å². The van der Waals surface area contributed by atoms with Crippen LogP contribution in [0.2, 0.25) is 0 Å². The zero-order chi connectivity index (χ0) is 17.6. The summed E-state index contributed by atoms with van der Waals surface area (Å²) in [6.07, 6.45) is -1.67. The summed E-state index contributed by atoms with van der Waals surface area (Å²) in [4.78, 5) is 4.19. The Labute approximate surface area is 164 Å². The van der Waals surface area contributed by atoms with Crippen LogP contribution in [0.15, 0.2) is 29.3 Å². The molecule has 0 radical (unpaired) electrons. The molecule has 0 aromatic heterocycles. The number of aliphatic imine (C=N–C) groups is 1. The van der Waals surface area contributed by atoms with Gasteiger partial charge in [0.25, 0.3) is 0 Å². The third kappa shape index (κ3) is 6.67. The van der Waals surface area contributed by atoms with E-state index in [1.54, 1.807) is 7.05 Å². The largest absolute Gasteiger partial charge is 0.391 e. The molecule has 25 heavy (non-hydrogen) atoms. The molecule has 1 saturated carbocycles. The molecular formula is C18H27F3IN3. The molecule has 1 aliphatic carbocycles. The molecule has 1 fully saturated rings. The van der Waals surface area contributed by atoms with Gasteiger partial charge in [0.05, 0.1) is 5.92 Å². The summed E-state index contributed by atoms with van der Waals surface area (Å²) in [5.41, 5.74) is 2.50. The Kier molecular flexibility index (Phi) is 9.02. The predicted molar refractivity (Wildman–Crippen MR) is 106 cm³/mol. The molecule has 1 aromatic rings. The molecule has 0 unspecified atom stereocenters. The van der Waals surface area contributed by atoms with Crippen LogP contribution in [-0.2, 0) is 13.0 Å². The molecule has 0 bridgehead atoms. The van der Waals surface area contributed by atoms with E-state index in [4.69, 9.17) is 0 Å². The zero-order valence-corrected chi connectivity index (χ0v) is 17.0. The van der Waals surface area contributed by atoms with Crippen molar-refractivity contribution in [1.29, 1.82) is 0 Å². The lowest BCUT2D eigenvalue weighted by Gasteiger charge is -2.31. The molecule has 0 atom stereocenters. The van der Waals surface area contributed by atoms with Crippen molar-refractivity contribution < 1.29 is 13.2 Å². The first-order valence-corrected chi connectivity index (χ1v) is 8.54. The fourth-order valence-electron chi connectivity index (χ4n) is 3.21. The summed E-state index contributed by atoms with van der Waals surface area (Å²) >= 11 is 0. The van der Waals surface area contributed by atoms with Crippen LogP contribution in [0.5, 0.6) is 0 Å². The van der Waals surface area contributed by atoms with Gasteiger partial charge in [-0.1, -0.05) is 31.2 Å².